The molecule has 0 fully saturated rings. The Hall–Kier alpha value is -1.26. The summed E-state index contributed by atoms with van der Waals surface area (Å²) in [6.07, 6.45) is 0.492. The van der Waals surface area contributed by atoms with Gasteiger partial charge < -0.3 is 15.4 Å². The van der Waals surface area contributed by atoms with Crippen molar-refractivity contribution in [3.05, 3.63) is 28.8 Å². The SMILES string of the molecule is CCCNCc1cccc(Cl)c1OC(C)C(=O)NCC. The van der Waals surface area contributed by atoms with E-state index in [4.69, 9.17) is 16.3 Å². The van der Waals surface area contributed by atoms with Gasteiger partial charge in [0.15, 0.2) is 6.10 Å². The summed E-state index contributed by atoms with van der Waals surface area (Å²) in [6.45, 7) is 7.89. The Morgan fingerprint density at radius 1 is 1.40 bits per heavy atom. The molecule has 0 spiro atoms. The zero-order valence-corrected chi connectivity index (χ0v) is 13.1. The Balaban J connectivity index is 2.78. The molecule has 112 valence electrons. The minimum atomic E-state index is -0.570. The van der Waals surface area contributed by atoms with Gasteiger partial charge in [0.1, 0.15) is 5.75 Å². The van der Waals surface area contributed by atoms with Gasteiger partial charge in [0.2, 0.25) is 0 Å². The van der Waals surface area contributed by atoms with Gasteiger partial charge in [-0.15, -0.1) is 0 Å². The van der Waals surface area contributed by atoms with Gasteiger partial charge in [0.05, 0.1) is 5.02 Å². The van der Waals surface area contributed by atoms with Gasteiger partial charge >= 0.3 is 0 Å². The average Bonchev–Trinajstić information content (AvgIpc) is 2.42. The largest absolute Gasteiger partial charge is 0.479 e. The Labute approximate surface area is 125 Å². The molecule has 0 aliphatic heterocycles. The highest BCUT2D eigenvalue weighted by molar-refractivity contribution is 6.32. The predicted molar refractivity (Wildman–Crippen MR) is 82.2 cm³/mol. The summed E-state index contributed by atoms with van der Waals surface area (Å²) in [5, 5.41) is 6.57. The Morgan fingerprint density at radius 2 is 2.15 bits per heavy atom. The van der Waals surface area contributed by atoms with Crippen LogP contribution in [0.4, 0.5) is 0 Å². The number of hydrogen-bond acceptors (Lipinski definition) is 3. The second-order valence-corrected chi connectivity index (χ2v) is 4.97. The van der Waals surface area contributed by atoms with E-state index in [1.165, 1.54) is 0 Å². The van der Waals surface area contributed by atoms with Crippen molar-refractivity contribution in [1.29, 1.82) is 0 Å². The smallest absolute Gasteiger partial charge is 0.260 e. The third-order valence-corrected chi connectivity index (χ3v) is 3.10. The lowest BCUT2D eigenvalue weighted by Crippen LogP contribution is -2.36. The molecule has 20 heavy (non-hydrogen) atoms. The highest BCUT2D eigenvalue weighted by Crippen LogP contribution is 2.29. The third kappa shape index (κ3) is 5.02. The highest BCUT2D eigenvalue weighted by Gasteiger charge is 2.17. The van der Waals surface area contributed by atoms with Crippen molar-refractivity contribution in [3.63, 3.8) is 0 Å². The maximum Gasteiger partial charge on any atom is 0.260 e. The molecule has 0 saturated heterocycles. The molecule has 4 nitrogen and oxygen atoms in total. The number of ether oxygens (including phenoxy) is 1. The molecule has 0 bridgehead atoms. The number of hydrogen-bond donors (Lipinski definition) is 2. The zero-order valence-electron chi connectivity index (χ0n) is 12.3. The highest BCUT2D eigenvalue weighted by atomic mass is 35.5. The van der Waals surface area contributed by atoms with Crippen LogP contribution in [0.2, 0.25) is 5.02 Å². The van der Waals surface area contributed by atoms with E-state index in [0.29, 0.717) is 23.9 Å². The summed E-state index contributed by atoms with van der Waals surface area (Å²) >= 11 is 6.18. The van der Waals surface area contributed by atoms with E-state index in [9.17, 15) is 4.79 Å². The first-order valence-corrected chi connectivity index (χ1v) is 7.40. The van der Waals surface area contributed by atoms with Crippen molar-refractivity contribution in [3.8, 4) is 5.75 Å². The number of carbonyl (C=O) groups is 1. The maximum absolute atomic E-state index is 11.7. The number of para-hydroxylation sites is 1. The number of likely N-dealkylation sites (N-methyl/N-ethyl adjacent to an activating group) is 1. The molecule has 0 aliphatic carbocycles. The molecule has 0 heterocycles. The molecule has 0 saturated carbocycles. The van der Waals surface area contributed by atoms with E-state index in [2.05, 4.69) is 17.6 Å². The molecule has 0 aromatic heterocycles. The lowest BCUT2D eigenvalue weighted by atomic mass is 10.2. The first-order chi connectivity index (χ1) is 9.60. The fourth-order valence-corrected chi connectivity index (χ4v) is 2.01. The number of rotatable bonds is 8. The second-order valence-electron chi connectivity index (χ2n) is 4.56. The average molecular weight is 299 g/mol. The summed E-state index contributed by atoms with van der Waals surface area (Å²) in [4.78, 5) is 11.7. The van der Waals surface area contributed by atoms with Crippen LogP contribution < -0.4 is 15.4 Å². The molecule has 5 heteroatoms. The molecule has 1 atom stereocenters. The fourth-order valence-electron chi connectivity index (χ4n) is 1.77. The van der Waals surface area contributed by atoms with Crippen molar-refractivity contribution >= 4 is 17.5 Å². The predicted octanol–water partition coefficient (Wildman–Crippen LogP) is 2.74. The van der Waals surface area contributed by atoms with Crippen LogP contribution in [0.3, 0.4) is 0 Å². The van der Waals surface area contributed by atoms with Crippen molar-refractivity contribution in [2.24, 2.45) is 0 Å². The molecule has 1 unspecified atom stereocenters. The van der Waals surface area contributed by atoms with Gasteiger partial charge in [-0.2, -0.15) is 0 Å². The van der Waals surface area contributed by atoms with Gasteiger partial charge in [-0.3, -0.25) is 4.79 Å². The molecule has 1 amide bonds. The lowest BCUT2D eigenvalue weighted by molar-refractivity contribution is -0.127. The summed E-state index contributed by atoms with van der Waals surface area (Å²) in [5.41, 5.74) is 0.960. The van der Waals surface area contributed by atoms with Crippen LogP contribution in [-0.4, -0.2) is 25.1 Å². The van der Waals surface area contributed by atoms with E-state index in [-0.39, 0.29) is 5.91 Å². The van der Waals surface area contributed by atoms with Crippen molar-refractivity contribution in [2.45, 2.75) is 39.8 Å². The molecule has 1 aromatic rings. The Morgan fingerprint density at radius 3 is 2.80 bits per heavy atom. The molecular weight excluding hydrogens is 276 g/mol. The van der Waals surface area contributed by atoms with Gasteiger partial charge in [-0.05, 0) is 32.9 Å². The monoisotopic (exact) mass is 298 g/mol. The van der Waals surface area contributed by atoms with Crippen molar-refractivity contribution < 1.29 is 9.53 Å². The zero-order chi connectivity index (χ0) is 15.0. The van der Waals surface area contributed by atoms with Gasteiger partial charge in [-0.1, -0.05) is 30.7 Å². The van der Waals surface area contributed by atoms with E-state index < -0.39 is 6.10 Å². The summed E-state index contributed by atoms with van der Waals surface area (Å²) in [6, 6.07) is 5.61. The molecule has 0 radical (unpaired) electrons. The number of benzene rings is 1. The lowest BCUT2D eigenvalue weighted by Gasteiger charge is -2.18. The van der Waals surface area contributed by atoms with Crippen LogP contribution >= 0.6 is 11.6 Å². The van der Waals surface area contributed by atoms with Crippen LogP contribution in [0, 0.1) is 0 Å². The van der Waals surface area contributed by atoms with Gasteiger partial charge in [0, 0.05) is 18.7 Å². The second kappa shape index (κ2) is 8.82. The summed E-state index contributed by atoms with van der Waals surface area (Å²) in [7, 11) is 0. The normalized spacial score (nSPS) is 12.0. The first kappa shape index (κ1) is 16.8. The Kier molecular flexibility index (Phi) is 7.41. The van der Waals surface area contributed by atoms with Crippen LogP contribution in [-0.2, 0) is 11.3 Å². The van der Waals surface area contributed by atoms with E-state index in [1.807, 2.05) is 19.1 Å². The van der Waals surface area contributed by atoms with E-state index in [0.717, 1.165) is 18.5 Å². The minimum absolute atomic E-state index is 0.139. The quantitative estimate of drug-likeness (QED) is 0.726. The fraction of sp³-hybridized carbons (Fsp3) is 0.533. The first-order valence-electron chi connectivity index (χ1n) is 7.02. The molecule has 1 aromatic carbocycles. The number of halogens is 1. The van der Waals surface area contributed by atoms with E-state index in [1.54, 1.807) is 13.0 Å². The molecule has 2 N–H and O–H groups in total. The van der Waals surface area contributed by atoms with Gasteiger partial charge in [-0.25, -0.2) is 0 Å². The number of carbonyl (C=O) groups excluding carboxylic acids is 1. The molecule has 1 rings (SSSR count). The van der Waals surface area contributed by atoms with Crippen LogP contribution in [0.1, 0.15) is 32.8 Å². The maximum atomic E-state index is 11.7. The minimum Gasteiger partial charge on any atom is -0.479 e. The van der Waals surface area contributed by atoms with Crippen LogP contribution in [0.25, 0.3) is 0 Å². The standard InChI is InChI=1S/C15H23ClN2O2/c1-4-9-17-10-12-7-6-8-13(16)14(12)20-11(3)15(19)18-5-2/h6-8,11,17H,4-5,9-10H2,1-3H3,(H,18,19). The number of amides is 1. The molecule has 0 aliphatic rings. The Bertz CT molecular complexity index is 438. The number of nitrogens with one attached hydrogen (secondary N) is 2. The van der Waals surface area contributed by atoms with Crippen molar-refractivity contribution in [1.82, 2.24) is 10.6 Å². The third-order valence-electron chi connectivity index (χ3n) is 2.81. The van der Waals surface area contributed by atoms with Crippen LogP contribution in [0.5, 0.6) is 5.75 Å². The van der Waals surface area contributed by atoms with Crippen molar-refractivity contribution in [2.75, 3.05) is 13.1 Å². The summed E-state index contributed by atoms with van der Waals surface area (Å²) in [5.74, 6) is 0.441. The topological polar surface area (TPSA) is 50.4 Å². The molecular formula is C15H23ClN2O2. The summed E-state index contributed by atoms with van der Waals surface area (Å²) < 4.78 is 5.74. The van der Waals surface area contributed by atoms with E-state index >= 15 is 0 Å². The van der Waals surface area contributed by atoms with Crippen LogP contribution in [0.15, 0.2) is 18.2 Å². The van der Waals surface area contributed by atoms with Gasteiger partial charge in [0.25, 0.3) is 5.91 Å².